The minimum absolute atomic E-state index is 0.180. The van der Waals surface area contributed by atoms with E-state index >= 15 is 0 Å². The highest BCUT2D eigenvalue weighted by molar-refractivity contribution is 6.06. The summed E-state index contributed by atoms with van der Waals surface area (Å²) in [5.41, 5.74) is 0.0586. The fraction of sp³-hybridized carbons (Fsp3) is 0.261. The van der Waals surface area contributed by atoms with Gasteiger partial charge in [0.2, 0.25) is 5.91 Å². The van der Waals surface area contributed by atoms with Crippen LogP contribution in [0.2, 0.25) is 0 Å². The van der Waals surface area contributed by atoms with Crippen LogP contribution in [0.5, 0.6) is 0 Å². The lowest BCUT2D eigenvalue weighted by atomic mass is 10.0. The molecule has 8 heteroatoms. The van der Waals surface area contributed by atoms with Crippen LogP contribution in [0.25, 0.3) is 10.9 Å². The van der Waals surface area contributed by atoms with Crippen LogP contribution in [0.4, 0.5) is 14.5 Å². The van der Waals surface area contributed by atoms with Gasteiger partial charge in [-0.15, -0.1) is 0 Å². The monoisotopic (exact) mass is 425 g/mol. The molecule has 0 radical (unpaired) electrons. The summed E-state index contributed by atoms with van der Waals surface area (Å²) < 4.78 is 28.1. The molecule has 1 N–H and O–H groups in total. The van der Waals surface area contributed by atoms with Crippen LogP contribution in [0, 0.1) is 11.6 Å². The van der Waals surface area contributed by atoms with E-state index in [1.165, 1.54) is 10.6 Å². The average molecular weight is 425 g/mol. The van der Waals surface area contributed by atoms with Gasteiger partial charge in [-0.2, -0.15) is 0 Å². The first-order valence-electron chi connectivity index (χ1n) is 10.1. The van der Waals surface area contributed by atoms with Crippen LogP contribution >= 0.6 is 0 Å². The lowest BCUT2D eigenvalue weighted by Crippen LogP contribution is -2.37. The number of hydrogen-bond acceptors (Lipinski definition) is 3. The minimum Gasteiger partial charge on any atom is -0.339 e. The van der Waals surface area contributed by atoms with Crippen molar-refractivity contribution in [3.63, 3.8) is 0 Å². The Morgan fingerprint density at radius 3 is 2.45 bits per heavy atom. The van der Waals surface area contributed by atoms with Crippen molar-refractivity contribution in [2.75, 3.05) is 18.4 Å². The molecule has 4 rings (SSSR count). The number of likely N-dealkylation sites (tertiary alicyclic amines) is 1. The maximum atomic E-state index is 13.8. The molecule has 1 aromatic heterocycles. The first kappa shape index (κ1) is 20.7. The molecule has 0 spiro atoms. The highest BCUT2D eigenvalue weighted by Gasteiger charge is 2.22. The van der Waals surface area contributed by atoms with E-state index in [2.05, 4.69) is 5.32 Å². The topological polar surface area (TPSA) is 71.4 Å². The first-order valence-corrected chi connectivity index (χ1v) is 10.1. The molecular formula is C23H21F2N3O3. The molecule has 0 saturated carbocycles. The average Bonchev–Trinajstić information content (AvgIpc) is 2.77. The molecule has 0 bridgehead atoms. The Hall–Kier alpha value is -3.55. The third-order valence-corrected chi connectivity index (χ3v) is 5.40. The van der Waals surface area contributed by atoms with Crippen LogP contribution in [-0.2, 0) is 11.3 Å². The zero-order chi connectivity index (χ0) is 22.0. The van der Waals surface area contributed by atoms with Crippen molar-refractivity contribution in [1.82, 2.24) is 9.47 Å². The van der Waals surface area contributed by atoms with Crippen molar-refractivity contribution in [1.29, 1.82) is 0 Å². The number of rotatable bonds is 4. The number of benzene rings is 2. The smallest absolute Gasteiger partial charge is 0.254 e. The molecule has 1 aliphatic heterocycles. The predicted molar refractivity (Wildman–Crippen MR) is 113 cm³/mol. The van der Waals surface area contributed by atoms with Gasteiger partial charge in [0, 0.05) is 30.6 Å². The number of para-hydroxylation sites is 1. The van der Waals surface area contributed by atoms with Crippen LogP contribution in [0.1, 0.15) is 29.6 Å². The van der Waals surface area contributed by atoms with E-state index in [-0.39, 0.29) is 18.1 Å². The van der Waals surface area contributed by atoms with E-state index in [9.17, 15) is 23.2 Å². The van der Waals surface area contributed by atoms with E-state index in [1.54, 1.807) is 29.2 Å². The fourth-order valence-electron chi connectivity index (χ4n) is 3.87. The van der Waals surface area contributed by atoms with Gasteiger partial charge < -0.3 is 10.2 Å². The largest absolute Gasteiger partial charge is 0.339 e. The molecule has 3 aromatic rings. The summed E-state index contributed by atoms with van der Waals surface area (Å²) in [6.07, 6.45) is 2.94. The van der Waals surface area contributed by atoms with Gasteiger partial charge in [-0.05, 0) is 37.5 Å². The Bertz CT molecular complexity index is 1220. The molecule has 2 aromatic carbocycles. The zero-order valence-electron chi connectivity index (χ0n) is 16.7. The summed E-state index contributed by atoms with van der Waals surface area (Å²) in [6.45, 7) is 0.929. The molecule has 1 saturated heterocycles. The Labute approximate surface area is 177 Å². The minimum atomic E-state index is -0.909. The number of nitrogens with zero attached hydrogens (tertiary/aromatic N) is 2. The molecule has 0 unspecified atom stereocenters. The van der Waals surface area contributed by atoms with E-state index in [0.717, 1.165) is 31.4 Å². The SMILES string of the molecule is O=C(Cn1c(=O)cc(C(=O)N2CCCCC2)c2ccccc21)Nc1ccc(F)cc1F. The molecule has 2 amide bonds. The van der Waals surface area contributed by atoms with Gasteiger partial charge >= 0.3 is 0 Å². The number of aromatic nitrogens is 1. The van der Waals surface area contributed by atoms with Gasteiger partial charge in [-0.3, -0.25) is 19.0 Å². The number of hydrogen-bond donors (Lipinski definition) is 1. The van der Waals surface area contributed by atoms with Gasteiger partial charge in [0.05, 0.1) is 16.8 Å². The molecule has 31 heavy (non-hydrogen) atoms. The van der Waals surface area contributed by atoms with Crippen molar-refractivity contribution in [3.8, 4) is 0 Å². The lowest BCUT2D eigenvalue weighted by molar-refractivity contribution is -0.116. The summed E-state index contributed by atoms with van der Waals surface area (Å²) in [7, 11) is 0. The maximum Gasteiger partial charge on any atom is 0.254 e. The number of halogens is 2. The number of pyridine rings is 1. The number of piperidine rings is 1. The molecule has 6 nitrogen and oxygen atoms in total. The first-order chi connectivity index (χ1) is 14.9. The van der Waals surface area contributed by atoms with Crippen molar-refractivity contribution < 1.29 is 18.4 Å². The third kappa shape index (κ3) is 4.33. The normalized spacial score (nSPS) is 13.9. The van der Waals surface area contributed by atoms with Crippen LogP contribution < -0.4 is 10.9 Å². The summed E-state index contributed by atoms with van der Waals surface area (Å²) in [5, 5.41) is 2.92. The highest BCUT2D eigenvalue weighted by Crippen LogP contribution is 2.21. The van der Waals surface area contributed by atoms with Crippen LogP contribution in [0.15, 0.2) is 53.3 Å². The Kier molecular flexibility index (Phi) is 5.79. The van der Waals surface area contributed by atoms with E-state index in [1.807, 2.05) is 0 Å². The summed E-state index contributed by atoms with van der Waals surface area (Å²) >= 11 is 0. The molecule has 160 valence electrons. The lowest BCUT2D eigenvalue weighted by Gasteiger charge is -2.27. The van der Waals surface area contributed by atoms with Crippen LogP contribution in [-0.4, -0.2) is 34.4 Å². The Balaban J connectivity index is 1.66. The highest BCUT2D eigenvalue weighted by atomic mass is 19.1. The number of anilines is 1. The van der Waals surface area contributed by atoms with E-state index in [4.69, 9.17) is 0 Å². The molecule has 2 heterocycles. The molecule has 0 atom stereocenters. The van der Waals surface area contributed by atoms with Crippen molar-refractivity contribution >= 4 is 28.4 Å². The second-order valence-corrected chi connectivity index (χ2v) is 7.52. The number of carbonyl (C=O) groups is 2. The number of carbonyl (C=O) groups excluding carboxylic acids is 2. The second-order valence-electron chi connectivity index (χ2n) is 7.52. The van der Waals surface area contributed by atoms with Crippen LogP contribution in [0.3, 0.4) is 0 Å². The number of fused-ring (bicyclic) bond motifs is 1. The van der Waals surface area contributed by atoms with Gasteiger partial charge in [0.1, 0.15) is 18.2 Å². The summed E-state index contributed by atoms with van der Waals surface area (Å²) in [6, 6.07) is 10.9. The quantitative estimate of drug-likeness (QED) is 0.695. The predicted octanol–water partition coefficient (Wildman–Crippen LogP) is 3.54. The van der Waals surface area contributed by atoms with Gasteiger partial charge in [-0.1, -0.05) is 18.2 Å². The van der Waals surface area contributed by atoms with Crippen molar-refractivity contribution in [2.45, 2.75) is 25.8 Å². The molecule has 1 aliphatic rings. The zero-order valence-corrected chi connectivity index (χ0v) is 16.7. The second kappa shape index (κ2) is 8.67. The van der Waals surface area contributed by atoms with Gasteiger partial charge in [0.25, 0.3) is 11.5 Å². The van der Waals surface area contributed by atoms with Crippen molar-refractivity contribution in [3.05, 3.63) is 76.1 Å². The summed E-state index contributed by atoms with van der Waals surface area (Å²) in [4.78, 5) is 40.1. The molecule has 1 fully saturated rings. The summed E-state index contributed by atoms with van der Waals surface area (Å²) in [5.74, 6) is -2.51. The maximum absolute atomic E-state index is 13.8. The van der Waals surface area contributed by atoms with Crippen molar-refractivity contribution in [2.24, 2.45) is 0 Å². The number of nitrogens with one attached hydrogen (secondary N) is 1. The Morgan fingerprint density at radius 1 is 0.968 bits per heavy atom. The van der Waals surface area contributed by atoms with Gasteiger partial charge in [-0.25, -0.2) is 8.78 Å². The number of amides is 2. The van der Waals surface area contributed by atoms with E-state index in [0.29, 0.717) is 35.6 Å². The third-order valence-electron chi connectivity index (χ3n) is 5.40. The molecular weight excluding hydrogens is 404 g/mol. The van der Waals surface area contributed by atoms with E-state index < -0.39 is 23.1 Å². The fourth-order valence-corrected chi connectivity index (χ4v) is 3.87. The standard InChI is InChI=1S/C23H21F2N3O3/c24-15-8-9-19(18(25)12-15)26-21(29)14-28-20-7-3-2-6-16(20)17(13-22(28)30)23(31)27-10-4-1-5-11-27/h2-3,6-9,12-13H,1,4-5,10-11,14H2,(H,26,29). The molecule has 0 aliphatic carbocycles. The van der Waals surface area contributed by atoms with Gasteiger partial charge in [0.15, 0.2) is 0 Å². The Morgan fingerprint density at radius 2 is 1.71 bits per heavy atom.